The van der Waals surface area contributed by atoms with Crippen LogP contribution in [0.5, 0.6) is 0 Å². The fraction of sp³-hybridized carbons (Fsp3) is 0.277. The third-order valence-corrected chi connectivity index (χ3v) is 13.0. The van der Waals surface area contributed by atoms with E-state index < -0.39 is 59.4 Å². The largest absolute Gasteiger partial charge is 0.416 e. The lowest BCUT2D eigenvalue weighted by Crippen LogP contribution is -2.47. The third-order valence-electron chi connectivity index (χ3n) is 12.5. The van der Waals surface area contributed by atoms with E-state index in [-0.39, 0.29) is 73.2 Å². The van der Waals surface area contributed by atoms with Crippen LogP contribution in [-0.4, -0.2) is 101 Å². The number of alkyl halides is 6. The summed E-state index contributed by atoms with van der Waals surface area (Å²) in [6.07, 6.45) is -9.36. The number of thiocarbonyl (C=S) groups is 1. The molecule has 0 aromatic heterocycles. The summed E-state index contributed by atoms with van der Waals surface area (Å²) in [4.78, 5) is 65.1. The van der Waals surface area contributed by atoms with Gasteiger partial charge < -0.3 is 30.2 Å². The van der Waals surface area contributed by atoms with E-state index in [2.05, 4.69) is 10.6 Å². The average molecular weight is 940 g/mol. The lowest BCUT2D eigenvalue weighted by Gasteiger charge is -2.34. The topological polar surface area (TPSA) is 136 Å². The lowest BCUT2D eigenvalue weighted by molar-refractivity contribution is -0.138. The van der Waals surface area contributed by atoms with Gasteiger partial charge in [-0.25, -0.2) is 9.59 Å². The standard InChI is InChI=1S/C47H39F6N9O4S/c1-27-8-12-29(13-9-27)39-37-35(61(43(65)55-39)33-6-2-4-31(22-33)46(48,49)50)25-59(41(37)63)20-18-57-16-17-58(45(57)67)19-21-60-26-36-38(42(60)64)40(30-14-10-28(24-54)11-15-30)56-44(66)62(36)34-7-3-5-32(23-34)47(51,52)53/h2-15,22-23,39-40H,16-21,25-26H2,1H3,(H,55,65)(H,56,66)/t39-,40-/m1/s1. The highest BCUT2D eigenvalue weighted by Crippen LogP contribution is 2.42. The SMILES string of the molecule is Cc1ccc([C@H]2NC(=O)N(c3cccc(C(F)(F)F)c3)C3=C2C(=O)N(CCN2CCN(CCN4CC5=C(C4=O)[C@@H](c4ccc(C#N)cc4)NC(=O)N5c4cccc(C(F)(F)F)c4)C2=S)C3)cc1. The summed E-state index contributed by atoms with van der Waals surface area (Å²) in [7, 11) is 0. The Labute approximate surface area is 385 Å². The number of hydrogen-bond acceptors (Lipinski definition) is 6. The molecular formula is C47H39F6N9O4S. The van der Waals surface area contributed by atoms with Crippen LogP contribution in [0.1, 0.15) is 45.5 Å². The summed E-state index contributed by atoms with van der Waals surface area (Å²) in [5.41, 5.74) is 1.29. The molecule has 0 radical (unpaired) electrons. The molecule has 13 nitrogen and oxygen atoms in total. The first kappa shape index (κ1) is 44.8. The molecule has 0 bridgehead atoms. The molecule has 6 amide bonds. The van der Waals surface area contributed by atoms with Crippen LogP contribution in [-0.2, 0) is 21.9 Å². The maximum absolute atomic E-state index is 14.3. The van der Waals surface area contributed by atoms with E-state index in [0.29, 0.717) is 34.9 Å². The maximum Gasteiger partial charge on any atom is 0.416 e. The van der Waals surface area contributed by atoms with E-state index in [9.17, 15) is 50.8 Å². The van der Waals surface area contributed by atoms with Gasteiger partial charge in [0.25, 0.3) is 11.8 Å². The Balaban J connectivity index is 0.897. The number of anilines is 2. The van der Waals surface area contributed by atoms with Crippen molar-refractivity contribution in [3.05, 3.63) is 153 Å². The number of nitrogens with zero attached hydrogens (tertiary/aromatic N) is 7. The summed E-state index contributed by atoms with van der Waals surface area (Å²) in [6, 6.07) is 21.0. The second kappa shape index (κ2) is 17.1. The van der Waals surface area contributed by atoms with Crippen LogP contribution in [0.3, 0.4) is 0 Å². The number of aryl methyl sites for hydroxylation is 1. The summed E-state index contributed by atoms with van der Waals surface area (Å²) in [6.45, 7) is 3.45. The molecule has 5 heterocycles. The van der Waals surface area contributed by atoms with Gasteiger partial charge in [-0.05, 0) is 78.8 Å². The molecule has 0 aliphatic carbocycles. The van der Waals surface area contributed by atoms with E-state index >= 15 is 0 Å². The molecule has 5 aliphatic rings. The van der Waals surface area contributed by atoms with E-state index in [1.54, 1.807) is 24.3 Å². The van der Waals surface area contributed by atoms with Gasteiger partial charge in [-0.1, -0.05) is 54.1 Å². The van der Waals surface area contributed by atoms with Gasteiger partial charge in [0, 0.05) is 39.3 Å². The molecule has 1 fully saturated rings. The number of benzene rings is 4. The van der Waals surface area contributed by atoms with E-state index in [4.69, 9.17) is 12.2 Å². The highest BCUT2D eigenvalue weighted by atomic mass is 32.1. The van der Waals surface area contributed by atoms with Crippen LogP contribution >= 0.6 is 12.2 Å². The number of halogens is 6. The zero-order valence-electron chi connectivity index (χ0n) is 35.5. The first-order valence-corrected chi connectivity index (χ1v) is 21.5. The fourth-order valence-electron chi connectivity index (χ4n) is 9.08. The summed E-state index contributed by atoms with van der Waals surface area (Å²) < 4.78 is 82.8. The lowest BCUT2D eigenvalue weighted by atomic mass is 9.94. The molecule has 9 rings (SSSR count). The molecule has 4 aromatic carbocycles. The Morgan fingerprint density at radius 1 is 0.612 bits per heavy atom. The Morgan fingerprint density at radius 2 is 1.01 bits per heavy atom. The molecule has 2 atom stereocenters. The summed E-state index contributed by atoms with van der Waals surface area (Å²) in [5.74, 6) is -0.835. The van der Waals surface area contributed by atoms with E-state index in [0.717, 1.165) is 39.6 Å². The number of amides is 6. The van der Waals surface area contributed by atoms with Crippen molar-refractivity contribution in [2.75, 3.05) is 62.2 Å². The predicted octanol–water partition coefficient (Wildman–Crippen LogP) is 7.24. The molecule has 5 aliphatic heterocycles. The van der Waals surface area contributed by atoms with Crippen LogP contribution < -0.4 is 20.4 Å². The number of urea groups is 2. The monoisotopic (exact) mass is 939 g/mol. The van der Waals surface area contributed by atoms with Crippen molar-refractivity contribution in [3.63, 3.8) is 0 Å². The molecule has 0 unspecified atom stereocenters. The molecule has 2 N–H and O–H groups in total. The van der Waals surface area contributed by atoms with Crippen molar-refractivity contribution >= 4 is 52.6 Å². The molecule has 1 saturated heterocycles. The Bertz CT molecular complexity index is 2820. The predicted molar refractivity (Wildman–Crippen MR) is 236 cm³/mol. The van der Waals surface area contributed by atoms with Crippen molar-refractivity contribution in [1.29, 1.82) is 5.26 Å². The normalized spacial score (nSPS) is 19.9. The van der Waals surface area contributed by atoms with E-state index in [1.165, 1.54) is 46.2 Å². The first-order chi connectivity index (χ1) is 31.9. The van der Waals surface area contributed by atoms with Gasteiger partial charge in [-0.15, -0.1) is 0 Å². The van der Waals surface area contributed by atoms with Crippen molar-refractivity contribution in [1.82, 2.24) is 30.2 Å². The van der Waals surface area contributed by atoms with Gasteiger partial charge in [-0.3, -0.25) is 19.4 Å². The molecule has 67 heavy (non-hydrogen) atoms. The van der Waals surface area contributed by atoms with Gasteiger partial charge >= 0.3 is 24.4 Å². The average Bonchev–Trinajstić information content (AvgIpc) is 3.94. The zero-order chi connectivity index (χ0) is 47.5. The number of rotatable bonds is 10. The number of nitrogens with one attached hydrogen (secondary N) is 2. The maximum atomic E-state index is 14.3. The van der Waals surface area contributed by atoms with Crippen LogP contribution in [0.4, 0.5) is 47.3 Å². The van der Waals surface area contributed by atoms with Crippen molar-refractivity contribution in [2.45, 2.75) is 31.4 Å². The minimum absolute atomic E-state index is 0.0447. The minimum Gasteiger partial charge on any atom is -0.346 e. The molecule has 344 valence electrons. The summed E-state index contributed by atoms with van der Waals surface area (Å²) in [5, 5.41) is 15.4. The van der Waals surface area contributed by atoms with Crippen LogP contribution in [0.2, 0.25) is 0 Å². The quantitative estimate of drug-likeness (QED) is 0.126. The van der Waals surface area contributed by atoms with Gasteiger partial charge in [0.05, 0.1) is 81.8 Å². The van der Waals surface area contributed by atoms with Crippen LogP contribution in [0, 0.1) is 18.3 Å². The van der Waals surface area contributed by atoms with Crippen molar-refractivity contribution in [3.8, 4) is 6.07 Å². The first-order valence-electron chi connectivity index (χ1n) is 21.1. The van der Waals surface area contributed by atoms with Gasteiger partial charge in [0.15, 0.2) is 5.11 Å². The van der Waals surface area contributed by atoms with E-state index in [1.807, 2.05) is 34.9 Å². The number of carbonyl (C=O) groups is 4. The number of carbonyl (C=O) groups excluding carboxylic acids is 4. The number of nitriles is 1. The van der Waals surface area contributed by atoms with Gasteiger partial charge in [0.2, 0.25) is 0 Å². The van der Waals surface area contributed by atoms with Crippen LogP contribution in [0.25, 0.3) is 0 Å². The van der Waals surface area contributed by atoms with Crippen LogP contribution in [0.15, 0.2) is 120 Å². The highest BCUT2D eigenvalue weighted by Gasteiger charge is 2.47. The zero-order valence-corrected chi connectivity index (χ0v) is 36.3. The summed E-state index contributed by atoms with van der Waals surface area (Å²) >= 11 is 5.87. The van der Waals surface area contributed by atoms with Crippen molar-refractivity contribution in [2.24, 2.45) is 0 Å². The Hall–Kier alpha value is -7.40. The molecular weight excluding hydrogens is 901 g/mol. The molecule has 0 spiro atoms. The second-order valence-electron chi connectivity index (χ2n) is 16.6. The molecule has 0 saturated carbocycles. The second-order valence-corrected chi connectivity index (χ2v) is 17.0. The minimum atomic E-state index is -4.69. The Morgan fingerprint density at radius 3 is 1.42 bits per heavy atom. The van der Waals surface area contributed by atoms with Gasteiger partial charge in [0.1, 0.15) is 0 Å². The fourth-order valence-corrected chi connectivity index (χ4v) is 9.45. The van der Waals surface area contributed by atoms with Gasteiger partial charge in [-0.2, -0.15) is 31.6 Å². The molecule has 20 heteroatoms. The smallest absolute Gasteiger partial charge is 0.346 e. The third kappa shape index (κ3) is 8.39. The highest BCUT2D eigenvalue weighted by molar-refractivity contribution is 7.80. The Kier molecular flexibility index (Phi) is 11.4. The number of hydrogen-bond donors (Lipinski definition) is 2. The molecule has 4 aromatic rings. The van der Waals surface area contributed by atoms with Crippen molar-refractivity contribution < 1.29 is 45.5 Å².